The smallest absolute Gasteiger partial charge is 0.272 e. The molecule has 2 heterocycles. The third-order valence-corrected chi connectivity index (χ3v) is 4.48. The molecule has 0 spiro atoms. The molecule has 0 atom stereocenters. The van der Waals surface area contributed by atoms with E-state index in [4.69, 9.17) is 4.74 Å². The van der Waals surface area contributed by atoms with E-state index in [1.807, 2.05) is 47.1 Å². The second kappa shape index (κ2) is 7.00. The number of nitrogens with zero attached hydrogens (tertiary/aromatic N) is 3. The lowest BCUT2D eigenvalue weighted by Gasteiger charge is -2.07. The van der Waals surface area contributed by atoms with Crippen LogP contribution in [0.3, 0.4) is 0 Å². The van der Waals surface area contributed by atoms with Crippen LogP contribution in [0.25, 0.3) is 5.69 Å². The first kappa shape index (κ1) is 16.3. The summed E-state index contributed by atoms with van der Waals surface area (Å²) in [4.78, 5) is 16.5. The number of benzene rings is 1. The molecule has 0 bridgehead atoms. The zero-order valence-corrected chi connectivity index (χ0v) is 14.6. The van der Waals surface area contributed by atoms with Crippen molar-refractivity contribution in [1.29, 1.82) is 0 Å². The molecule has 1 aliphatic rings. The number of ether oxygens (including phenoxy) is 1. The number of hydrogen-bond donors (Lipinski definition) is 1. The van der Waals surface area contributed by atoms with Gasteiger partial charge in [-0.1, -0.05) is 0 Å². The topological polar surface area (TPSA) is 69.0 Å². The molecule has 1 aromatic carbocycles. The summed E-state index contributed by atoms with van der Waals surface area (Å²) in [7, 11) is 1.64. The summed E-state index contributed by atoms with van der Waals surface area (Å²) in [5, 5.41) is 7.48. The van der Waals surface area contributed by atoms with Crippen LogP contribution in [-0.2, 0) is 6.54 Å². The number of amides is 1. The molecule has 0 saturated heterocycles. The highest BCUT2D eigenvalue weighted by Crippen LogP contribution is 2.41. The van der Waals surface area contributed by atoms with E-state index in [9.17, 15) is 4.79 Å². The normalized spacial score (nSPS) is 13.4. The molecular weight excluding hydrogens is 328 g/mol. The molecule has 3 aromatic rings. The van der Waals surface area contributed by atoms with Gasteiger partial charge in [-0.15, -0.1) is 0 Å². The van der Waals surface area contributed by atoms with Gasteiger partial charge in [-0.05, 0) is 60.9 Å². The molecule has 6 nitrogen and oxygen atoms in total. The van der Waals surface area contributed by atoms with E-state index in [-0.39, 0.29) is 5.91 Å². The SMILES string of the molecule is COc1ccc(-n2nc(C(=O)NCc3ccncc3)cc2C2CC2)cc1. The van der Waals surface area contributed by atoms with Crippen molar-refractivity contribution in [3.05, 3.63) is 71.8 Å². The van der Waals surface area contributed by atoms with E-state index < -0.39 is 0 Å². The first-order chi connectivity index (χ1) is 12.7. The van der Waals surface area contributed by atoms with Crippen molar-refractivity contribution in [3.8, 4) is 11.4 Å². The van der Waals surface area contributed by atoms with E-state index in [0.717, 1.165) is 35.5 Å². The lowest BCUT2D eigenvalue weighted by Crippen LogP contribution is -2.23. The summed E-state index contributed by atoms with van der Waals surface area (Å²) < 4.78 is 7.09. The van der Waals surface area contributed by atoms with Crippen molar-refractivity contribution >= 4 is 5.91 Å². The number of carbonyl (C=O) groups is 1. The van der Waals surface area contributed by atoms with Crippen LogP contribution in [0.2, 0.25) is 0 Å². The maximum atomic E-state index is 12.5. The molecule has 1 saturated carbocycles. The van der Waals surface area contributed by atoms with Gasteiger partial charge in [0.25, 0.3) is 5.91 Å². The second-order valence-corrected chi connectivity index (χ2v) is 6.38. The van der Waals surface area contributed by atoms with Crippen molar-refractivity contribution in [3.63, 3.8) is 0 Å². The Morgan fingerprint density at radius 1 is 1.19 bits per heavy atom. The van der Waals surface area contributed by atoms with Crippen molar-refractivity contribution < 1.29 is 9.53 Å². The van der Waals surface area contributed by atoms with Crippen LogP contribution >= 0.6 is 0 Å². The second-order valence-electron chi connectivity index (χ2n) is 6.38. The lowest BCUT2D eigenvalue weighted by molar-refractivity contribution is 0.0945. The molecule has 0 radical (unpaired) electrons. The first-order valence-electron chi connectivity index (χ1n) is 8.66. The number of hydrogen-bond acceptors (Lipinski definition) is 4. The van der Waals surface area contributed by atoms with Crippen LogP contribution in [0.1, 0.15) is 40.5 Å². The van der Waals surface area contributed by atoms with Gasteiger partial charge in [-0.2, -0.15) is 5.10 Å². The quantitative estimate of drug-likeness (QED) is 0.743. The Labute approximate surface area is 151 Å². The molecule has 2 aromatic heterocycles. The van der Waals surface area contributed by atoms with Crippen LogP contribution in [0, 0.1) is 0 Å². The molecule has 1 fully saturated rings. The van der Waals surface area contributed by atoms with E-state index >= 15 is 0 Å². The van der Waals surface area contributed by atoms with Gasteiger partial charge in [-0.25, -0.2) is 4.68 Å². The minimum absolute atomic E-state index is 0.170. The van der Waals surface area contributed by atoms with Gasteiger partial charge >= 0.3 is 0 Å². The average Bonchev–Trinajstić information content (AvgIpc) is 3.45. The van der Waals surface area contributed by atoms with Crippen LogP contribution < -0.4 is 10.1 Å². The monoisotopic (exact) mass is 348 g/mol. The molecule has 4 rings (SSSR count). The van der Waals surface area contributed by atoms with Crippen molar-refractivity contribution in [1.82, 2.24) is 20.1 Å². The van der Waals surface area contributed by atoms with Gasteiger partial charge in [0, 0.05) is 30.6 Å². The predicted molar refractivity (Wildman–Crippen MR) is 97.5 cm³/mol. The molecule has 1 N–H and O–H groups in total. The molecule has 6 heteroatoms. The highest BCUT2D eigenvalue weighted by Gasteiger charge is 2.29. The van der Waals surface area contributed by atoms with Crippen molar-refractivity contribution in [2.75, 3.05) is 7.11 Å². The third kappa shape index (κ3) is 3.44. The Morgan fingerprint density at radius 2 is 1.92 bits per heavy atom. The fraction of sp³-hybridized carbons (Fsp3) is 0.250. The van der Waals surface area contributed by atoms with Crippen molar-refractivity contribution in [2.45, 2.75) is 25.3 Å². The number of carbonyl (C=O) groups excluding carboxylic acids is 1. The standard InChI is InChI=1S/C20H20N4O2/c1-26-17-6-4-16(5-7-17)24-19(15-2-3-15)12-18(23-24)20(25)22-13-14-8-10-21-11-9-14/h4-12,15H,2-3,13H2,1H3,(H,22,25). The van der Waals surface area contributed by atoms with Gasteiger partial charge in [0.2, 0.25) is 0 Å². The Hall–Kier alpha value is -3.15. The Kier molecular flexibility index (Phi) is 4.39. The first-order valence-corrected chi connectivity index (χ1v) is 8.66. The van der Waals surface area contributed by atoms with Gasteiger partial charge in [0.15, 0.2) is 5.69 Å². The summed E-state index contributed by atoms with van der Waals surface area (Å²) >= 11 is 0. The maximum absolute atomic E-state index is 12.5. The van der Waals surface area contributed by atoms with E-state index in [0.29, 0.717) is 18.2 Å². The lowest BCUT2D eigenvalue weighted by atomic mass is 10.2. The summed E-state index contributed by atoms with van der Waals surface area (Å²) in [6, 6.07) is 13.4. The maximum Gasteiger partial charge on any atom is 0.272 e. The summed E-state index contributed by atoms with van der Waals surface area (Å²) in [6.07, 6.45) is 5.70. The van der Waals surface area contributed by atoms with E-state index in [1.165, 1.54) is 0 Å². The minimum atomic E-state index is -0.170. The highest BCUT2D eigenvalue weighted by molar-refractivity contribution is 5.92. The number of pyridine rings is 1. The molecule has 1 amide bonds. The molecule has 1 aliphatic carbocycles. The van der Waals surface area contributed by atoms with Crippen LogP contribution in [0.5, 0.6) is 5.75 Å². The fourth-order valence-corrected chi connectivity index (χ4v) is 2.88. The Bertz CT molecular complexity index is 899. The Balaban J connectivity index is 1.56. The van der Waals surface area contributed by atoms with Gasteiger partial charge in [0.05, 0.1) is 12.8 Å². The minimum Gasteiger partial charge on any atom is -0.497 e. The summed E-state index contributed by atoms with van der Waals surface area (Å²) in [5.74, 6) is 1.10. The number of aromatic nitrogens is 3. The van der Waals surface area contributed by atoms with Gasteiger partial charge in [-0.3, -0.25) is 9.78 Å². The molecule has 132 valence electrons. The summed E-state index contributed by atoms with van der Waals surface area (Å²) in [6.45, 7) is 0.454. The van der Waals surface area contributed by atoms with E-state index in [1.54, 1.807) is 19.5 Å². The third-order valence-electron chi connectivity index (χ3n) is 4.48. The zero-order chi connectivity index (χ0) is 17.9. The van der Waals surface area contributed by atoms with Crippen LogP contribution in [0.15, 0.2) is 54.9 Å². The molecule has 26 heavy (non-hydrogen) atoms. The van der Waals surface area contributed by atoms with Gasteiger partial charge in [0.1, 0.15) is 5.75 Å². The number of rotatable bonds is 6. The summed E-state index contributed by atoms with van der Waals surface area (Å²) in [5.41, 5.74) is 3.47. The zero-order valence-electron chi connectivity index (χ0n) is 14.6. The number of methoxy groups -OCH3 is 1. The number of nitrogens with one attached hydrogen (secondary N) is 1. The van der Waals surface area contributed by atoms with Gasteiger partial charge < -0.3 is 10.1 Å². The highest BCUT2D eigenvalue weighted by atomic mass is 16.5. The van der Waals surface area contributed by atoms with E-state index in [2.05, 4.69) is 15.4 Å². The molecular formula is C20H20N4O2. The molecule has 0 unspecified atom stereocenters. The average molecular weight is 348 g/mol. The predicted octanol–water partition coefficient (Wildman–Crippen LogP) is 3.08. The van der Waals surface area contributed by atoms with Crippen LogP contribution in [-0.4, -0.2) is 27.8 Å². The largest absolute Gasteiger partial charge is 0.497 e. The fourth-order valence-electron chi connectivity index (χ4n) is 2.88. The van der Waals surface area contributed by atoms with Crippen molar-refractivity contribution in [2.24, 2.45) is 0 Å². The van der Waals surface area contributed by atoms with Crippen LogP contribution in [0.4, 0.5) is 0 Å². The molecule has 0 aliphatic heterocycles. The Morgan fingerprint density at radius 3 is 2.58 bits per heavy atom.